The number of carbonyl (C=O) groups excluding carboxylic acids is 1. The standard InChI is InChI=1S/C30H32O6/c1-29(2)35-27-24(19-26(31)32-3)25(34-28(27)36-29)20-33-30(21-13-7-4-8-14-21,22-15-9-5-10-16-22)23-17-11-6-12-18-23/h4-18,24-25,27-28H,19-20H2,1-3H3/t24-,25-,27-,28-/m1/s1. The molecule has 188 valence electrons. The second-order valence-electron chi connectivity index (χ2n) is 9.68. The molecule has 0 unspecified atom stereocenters. The third-order valence-corrected chi connectivity index (χ3v) is 6.93. The predicted molar refractivity (Wildman–Crippen MR) is 134 cm³/mol. The summed E-state index contributed by atoms with van der Waals surface area (Å²) < 4.78 is 30.3. The van der Waals surface area contributed by atoms with E-state index in [9.17, 15) is 4.79 Å². The highest BCUT2D eigenvalue weighted by molar-refractivity contribution is 5.69. The van der Waals surface area contributed by atoms with Crippen molar-refractivity contribution in [3.05, 3.63) is 108 Å². The maximum atomic E-state index is 12.3. The smallest absolute Gasteiger partial charge is 0.305 e. The summed E-state index contributed by atoms with van der Waals surface area (Å²) in [4.78, 5) is 12.3. The summed E-state index contributed by atoms with van der Waals surface area (Å²) in [6.45, 7) is 3.92. The van der Waals surface area contributed by atoms with Gasteiger partial charge in [0.25, 0.3) is 0 Å². The third-order valence-electron chi connectivity index (χ3n) is 6.93. The van der Waals surface area contributed by atoms with Crippen LogP contribution < -0.4 is 0 Å². The van der Waals surface area contributed by atoms with Crippen molar-refractivity contribution in [1.82, 2.24) is 0 Å². The molecule has 36 heavy (non-hydrogen) atoms. The van der Waals surface area contributed by atoms with E-state index in [1.165, 1.54) is 7.11 Å². The highest BCUT2D eigenvalue weighted by Gasteiger charge is 2.55. The van der Waals surface area contributed by atoms with Gasteiger partial charge in [-0.3, -0.25) is 4.79 Å². The molecular weight excluding hydrogens is 456 g/mol. The molecule has 4 atom stereocenters. The van der Waals surface area contributed by atoms with Crippen LogP contribution in [-0.4, -0.2) is 44.0 Å². The normalized spacial score (nSPS) is 24.9. The lowest BCUT2D eigenvalue weighted by atomic mass is 9.80. The van der Waals surface area contributed by atoms with E-state index >= 15 is 0 Å². The van der Waals surface area contributed by atoms with Gasteiger partial charge in [-0.25, -0.2) is 0 Å². The van der Waals surface area contributed by atoms with E-state index < -0.39 is 23.8 Å². The average Bonchev–Trinajstić information content (AvgIpc) is 3.37. The quantitative estimate of drug-likeness (QED) is 0.327. The molecule has 2 aliphatic rings. The molecule has 0 radical (unpaired) electrons. The molecule has 0 aromatic heterocycles. The van der Waals surface area contributed by atoms with E-state index in [1.54, 1.807) is 0 Å². The molecule has 2 saturated heterocycles. The van der Waals surface area contributed by atoms with Crippen LogP contribution in [0.5, 0.6) is 0 Å². The van der Waals surface area contributed by atoms with Gasteiger partial charge in [-0.05, 0) is 30.5 Å². The first kappa shape index (κ1) is 24.7. The number of carbonyl (C=O) groups is 1. The molecule has 6 heteroatoms. The lowest BCUT2D eigenvalue weighted by Gasteiger charge is -2.37. The van der Waals surface area contributed by atoms with Gasteiger partial charge in [-0.1, -0.05) is 91.0 Å². The van der Waals surface area contributed by atoms with Gasteiger partial charge in [-0.2, -0.15) is 0 Å². The molecule has 3 aromatic rings. The van der Waals surface area contributed by atoms with Crippen molar-refractivity contribution in [3.63, 3.8) is 0 Å². The third kappa shape index (κ3) is 4.70. The molecule has 0 N–H and O–H groups in total. The number of rotatable bonds is 8. The molecule has 2 aliphatic heterocycles. The number of hydrogen-bond donors (Lipinski definition) is 0. The van der Waals surface area contributed by atoms with Crippen molar-refractivity contribution in [3.8, 4) is 0 Å². The van der Waals surface area contributed by atoms with E-state index in [4.69, 9.17) is 23.7 Å². The molecule has 0 amide bonds. The number of benzene rings is 3. The topological polar surface area (TPSA) is 63.2 Å². The largest absolute Gasteiger partial charge is 0.469 e. The van der Waals surface area contributed by atoms with Gasteiger partial charge in [0.1, 0.15) is 11.7 Å². The van der Waals surface area contributed by atoms with E-state index in [0.717, 1.165) is 16.7 Å². The Morgan fingerprint density at radius 2 is 1.33 bits per heavy atom. The van der Waals surface area contributed by atoms with Crippen LogP contribution in [0.25, 0.3) is 0 Å². The van der Waals surface area contributed by atoms with Crippen molar-refractivity contribution >= 4 is 5.97 Å². The molecule has 2 heterocycles. The number of ether oxygens (including phenoxy) is 5. The first-order chi connectivity index (χ1) is 17.4. The Hall–Kier alpha value is -3.03. The van der Waals surface area contributed by atoms with Gasteiger partial charge < -0.3 is 23.7 Å². The van der Waals surface area contributed by atoms with Crippen LogP contribution in [0.1, 0.15) is 37.0 Å². The number of fused-ring (bicyclic) bond motifs is 1. The zero-order valence-corrected chi connectivity index (χ0v) is 20.8. The molecule has 0 saturated carbocycles. The monoisotopic (exact) mass is 488 g/mol. The summed E-state index contributed by atoms with van der Waals surface area (Å²) in [5.41, 5.74) is 2.11. The Kier molecular flexibility index (Phi) is 6.95. The van der Waals surface area contributed by atoms with Gasteiger partial charge in [-0.15, -0.1) is 0 Å². The number of methoxy groups -OCH3 is 1. The molecule has 0 spiro atoms. The second kappa shape index (κ2) is 10.1. The van der Waals surface area contributed by atoms with Crippen LogP contribution in [0.2, 0.25) is 0 Å². The predicted octanol–water partition coefficient (Wildman–Crippen LogP) is 5.05. The van der Waals surface area contributed by atoms with Crippen molar-refractivity contribution in [2.75, 3.05) is 13.7 Å². The molecular formula is C30H32O6. The zero-order chi connectivity index (χ0) is 25.2. The first-order valence-corrected chi connectivity index (χ1v) is 12.3. The molecule has 6 nitrogen and oxygen atoms in total. The second-order valence-corrected chi connectivity index (χ2v) is 9.68. The summed E-state index contributed by atoms with van der Waals surface area (Å²) >= 11 is 0. The summed E-state index contributed by atoms with van der Waals surface area (Å²) in [6.07, 6.45) is -1.22. The minimum absolute atomic E-state index is 0.153. The maximum absolute atomic E-state index is 12.3. The van der Waals surface area contributed by atoms with E-state index in [1.807, 2.05) is 68.4 Å². The Balaban J connectivity index is 1.52. The molecule has 2 fully saturated rings. The fourth-order valence-corrected chi connectivity index (χ4v) is 5.30. The van der Waals surface area contributed by atoms with Gasteiger partial charge >= 0.3 is 5.97 Å². The lowest BCUT2D eigenvalue weighted by molar-refractivity contribution is -0.218. The fourth-order valence-electron chi connectivity index (χ4n) is 5.30. The zero-order valence-electron chi connectivity index (χ0n) is 20.8. The SMILES string of the molecule is COC(=O)C[C@H]1[C@H]2OC(C)(C)O[C@H]2O[C@@H]1COC(c1ccccc1)(c1ccccc1)c1ccccc1. The summed E-state index contributed by atoms with van der Waals surface area (Å²) in [7, 11) is 1.39. The Morgan fingerprint density at radius 3 is 1.81 bits per heavy atom. The Labute approximate surface area is 212 Å². The van der Waals surface area contributed by atoms with E-state index in [0.29, 0.717) is 0 Å². The van der Waals surface area contributed by atoms with E-state index in [2.05, 4.69) is 36.4 Å². The minimum Gasteiger partial charge on any atom is -0.469 e. The number of esters is 1. The van der Waals surface area contributed by atoms with Crippen molar-refractivity contribution in [2.24, 2.45) is 5.92 Å². The Morgan fingerprint density at radius 1 is 0.833 bits per heavy atom. The maximum Gasteiger partial charge on any atom is 0.305 e. The summed E-state index contributed by atoms with van der Waals surface area (Å²) in [5.74, 6) is -1.37. The highest BCUT2D eigenvalue weighted by Crippen LogP contribution is 2.45. The lowest BCUT2D eigenvalue weighted by Crippen LogP contribution is -2.39. The van der Waals surface area contributed by atoms with Crippen molar-refractivity contribution in [1.29, 1.82) is 0 Å². The fraction of sp³-hybridized carbons (Fsp3) is 0.367. The Bertz CT molecular complexity index is 1050. The van der Waals surface area contributed by atoms with Gasteiger partial charge in [0.05, 0.1) is 26.2 Å². The first-order valence-electron chi connectivity index (χ1n) is 12.3. The van der Waals surface area contributed by atoms with Crippen LogP contribution in [0.3, 0.4) is 0 Å². The molecule has 0 aliphatic carbocycles. The summed E-state index contributed by atoms with van der Waals surface area (Å²) in [6, 6.07) is 30.5. The summed E-state index contributed by atoms with van der Waals surface area (Å²) in [5, 5.41) is 0. The van der Waals surface area contributed by atoms with Crippen LogP contribution in [0.4, 0.5) is 0 Å². The van der Waals surface area contributed by atoms with Gasteiger partial charge in [0, 0.05) is 5.92 Å². The van der Waals surface area contributed by atoms with Gasteiger partial charge in [0.2, 0.25) is 0 Å². The van der Waals surface area contributed by atoms with Gasteiger partial charge in [0.15, 0.2) is 12.1 Å². The number of hydrogen-bond acceptors (Lipinski definition) is 6. The van der Waals surface area contributed by atoms with Crippen molar-refractivity contribution < 1.29 is 28.5 Å². The van der Waals surface area contributed by atoms with Crippen LogP contribution >= 0.6 is 0 Å². The molecule has 3 aromatic carbocycles. The van der Waals surface area contributed by atoms with Crippen LogP contribution in [0, 0.1) is 5.92 Å². The van der Waals surface area contributed by atoms with Crippen molar-refractivity contribution in [2.45, 2.75) is 50.2 Å². The highest BCUT2D eigenvalue weighted by atomic mass is 16.8. The van der Waals surface area contributed by atoms with Crippen LogP contribution in [0.15, 0.2) is 91.0 Å². The van der Waals surface area contributed by atoms with Crippen LogP contribution in [-0.2, 0) is 34.1 Å². The average molecular weight is 489 g/mol. The molecule has 0 bridgehead atoms. The van der Waals surface area contributed by atoms with E-state index in [-0.39, 0.29) is 31.0 Å². The molecule has 5 rings (SSSR count). The minimum atomic E-state index is -0.887.